The van der Waals surface area contributed by atoms with Gasteiger partial charge in [0.25, 0.3) is 0 Å². The van der Waals surface area contributed by atoms with Gasteiger partial charge in [-0.05, 0) is 7.05 Å². The van der Waals surface area contributed by atoms with E-state index in [-0.39, 0.29) is 12.2 Å². The molecular weight excluding hydrogens is 185 g/mol. The summed E-state index contributed by atoms with van der Waals surface area (Å²) in [6.45, 7) is 0.485. The fourth-order valence-corrected chi connectivity index (χ4v) is 2.47. The Kier molecular flexibility index (Phi) is 1.50. The number of likely N-dealkylation sites (N-methyl/N-ethyl adjacent to an activating group) is 1. The van der Waals surface area contributed by atoms with E-state index in [0.717, 1.165) is 0 Å². The van der Waals surface area contributed by atoms with Crippen LogP contribution in [-0.2, 0) is 18.4 Å². The third-order valence-electron chi connectivity index (χ3n) is 2.01. The van der Waals surface area contributed by atoms with Crippen LogP contribution in [0.25, 0.3) is 0 Å². The van der Waals surface area contributed by atoms with Crippen molar-refractivity contribution >= 4 is 13.6 Å². The van der Waals surface area contributed by atoms with Gasteiger partial charge in [0.2, 0.25) is 5.78 Å². The van der Waals surface area contributed by atoms with Crippen LogP contribution in [0.1, 0.15) is 6.42 Å². The monoisotopic (exact) mass is 193 g/mol. The second-order valence-electron chi connectivity index (χ2n) is 2.83. The predicted octanol–water partition coefficient (Wildman–Crippen LogP) is -0.308. The molecule has 7 heteroatoms. The van der Waals surface area contributed by atoms with Gasteiger partial charge in [-0.25, -0.2) is 18.5 Å². The van der Waals surface area contributed by atoms with Gasteiger partial charge in [0.1, 0.15) is 0 Å². The first-order valence-corrected chi connectivity index (χ1v) is 4.95. The summed E-state index contributed by atoms with van der Waals surface area (Å²) in [5.41, 5.74) is 0. The summed E-state index contributed by atoms with van der Waals surface area (Å²) in [6, 6.07) is 0. The van der Waals surface area contributed by atoms with Crippen LogP contribution >= 0.6 is 7.82 Å². The average Bonchev–Trinajstić information content (AvgIpc) is 2.14. The van der Waals surface area contributed by atoms with Crippen molar-refractivity contribution in [1.29, 1.82) is 0 Å². The third kappa shape index (κ3) is 0.901. The molecule has 0 aromatic carbocycles. The number of hydrogen-bond acceptors (Lipinski definition) is 5. The Hall–Kier alpha value is -0.260. The molecule has 2 heterocycles. The highest BCUT2D eigenvalue weighted by Crippen LogP contribution is 2.63. The maximum absolute atomic E-state index is 11.2. The molecule has 68 valence electrons. The number of hydrogen-bond donors (Lipinski definition) is 1. The van der Waals surface area contributed by atoms with E-state index in [1.54, 1.807) is 7.05 Å². The molecule has 2 fully saturated rings. The van der Waals surface area contributed by atoms with Crippen molar-refractivity contribution in [2.45, 2.75) is 12.3 Å². The predicted molar refractivity (Wildman–Crippen MR) is 37.0 cm³/mol. The molecule has 0 amide bonds. The number of carbonyl (C=O) groups excluding carboxylic acids is 1. The second-order valence-corrected chi connectivity index (χ2v) is 4.13. The molecule has 0 atom stereocenters. The minimum atomic E-state index is -3.92. The van der Waals surface area contributed by atoms with Gasteiger partial charge in [-0.1, -0.05) is 0 Å². The maximum atomic E-state index is 11.2. The van der Waals surface area contributed by atoms with E-state index in [1.165, 1.54) is 4.90 Å². The first-order chi connectivity index (χ1) is 5.46. The van der Waals surface area contributed by atoms with E-state index in [4.69, 9.17) is 4.89 Å². The lowest BCUT2D eigenvalue weighted by molar-refractivity contribution is -0.262. The summed E-state index contributed by atoms with van der Waals surface area (Å²) in [4.78, 5) is 21.3. The number of likely N-dealkylation sites (tertiary alicyclic amines) is 1. The molecule has 0 saturated carbocycles. The van der Waals surface area contributed by atoms with Crippen molar-refractivity contribution in [1.82, 2.24) is 4.90 Å². The van der Waals surface area contributed by atoms with Gasteiger partial charge in [-0.2, -0.15) is 0 Å². The Morgan fingerprint density at radius 2 is 2.25 bits per heavy atom. The smallest absolute Gasteiger partial charge is 0.302 e. The minimum absolute atomic E-state index is 0.288. The highest BCUT2D eigenvalue weighted by Gasteiger charge is 2.65. The molecule has 2 aliphatic heterocycles. The number of carbonyl (C=O) groups is 1. The Bertz CT molecular complexity index is 280. The summed E-state index contributed by atoms with van der Waals surface area (Å²) >= 11 is 0. The van der Waals surface area contributed by atoms with Crippen LogP contribution in [-0.4, -0.2) is 35.1 Å². The number of ketones is 1. The summed E-state index contributed by atoms with van der Waals surface area (Å²) in [6.07, 6.45) is 0.288. The lowest BCUT2D eigenvalue weighted by atomic mass is 10.3. The molecule has 1 N–H and O–H groups in total. The summed E-state index contributed by atoms with van der Waals surface area (Å²) in [5.74, 6) is -1.85. The standard InChI is InChI=1S/C5H8NO5P/c1-6-3-2-4(7)5(6)10-12(8,9)11-5/h2-3H2,1H3,(H,8,9). The molecule has 0 aromatic heterocycles. The zero-order valence-corrected chi connectivity index (χ0v) is 7.28. The molecule has 0 bridgehead atoms. The molecule has 2 rings (SSSR count). The Balaban J connectivity index is 2.24. The van der Waals surface area contributed by atoms with E-state index in [0.29, 0.717) is 6.54 Å². The van der Waals surface area contributed by atoms with Gasteiger partial charge in [0, 0.05) is 13.0 Å². The van der Waals surface area contributed by atoms with Crippen molar-refractivity contribution in [3.8, 4) is 0 Å². The molecule has 2 aliphatic rings. The van der Waals surface area contributed by atoms with E-state index in [9.17, 15) is 9.36 Å². The zero-order chi connectivity index (χ0) is 8.98. The fourth-order valence-electron chi connectivity index (χ4n) is 1.35. The third-order valence-corrected chi connectivity index (χ3v) is 2.96. The molecule has 0 aromatic rings. The Labute approximate surface area is 68.7 Å². The van der Waals surface area contributed by atoms with Crippen molar-refractivity contribution in [3.05, 3.63) is 0 Å². The van der Waals surface area contributed by atoms with Crippen molar-refractivity contribution in [2.24, 2.45) is 0 Å². The summed E-state index contributed by atoms with van der Waals surface area (Å²) < 4.78 is 19.8. The highest BCUT2D eigenvalue weighted by molar-refractivity contribution is 7.48. The van der Waals surface area contributed by atoms with Gasteiger partial charge in [-0.3, -0.25) is 4.79 Å². The lowest BCUT2D eigenvalue weighted by Gasteiger charge is -2.42. The van der Waals surface area contributed by atoms with Gasteiger partial charge in [-0.15, -0.1) is 0 Å². The van der Waals surface area contributed by atoms with Crippen molar-refractivity contribution < 1.29 is 23.3 Å². The molecule has 1 spiro atoms. The lowest BCUT2D eigenvalue weighted by Crippen LogP contribution is -2.56. The molecule has 0 unspecified atom stereocenters. The van der Waals surface area contributed by atoms with Crippen LogP contribution in [0.4, 0.5) is 0 Å². The van der Waals surface area contributed by atoms with Crippen LogP contribution in [0.15, 0.2) is 0 Å². The van der Waals surface area contributed by atoms with Crippen LogP contribution in [0.3, 0.4) is 0 Å². The van der Waals surface area contributed by atoms with E-state index < -0.39 is 13.7 Å². The van der Waals surface area contributed by atoms with E-state index >= 15 is 0 Å². The largest absolute Gasteiger partial charge is 0.480 e. The van der Waals surface area contributed by atoms with Crippen LogP contribution in [0, 0.1) is 0 Å². The number of Topliss-reactive ketones (excluding diaryl/α,β-unsaturated/α-hetero) is 1. The van der Waals surface area contributed by atoms with Gasteiger partial charge >= 0.3 is 13.7 Å². The minimum Gasteiger partial charge on any atom is -0.302 e. The zero-order valence-electron chi connectivity index (χ0n) is 6.39. The van der Waals surface area contributed by atoms with Crippen LogP contribution in [0.5, 0.6) is 0 Å². The second kappa shape index (κ2) is 2.16. The molecule has 12 heavy (non-hydrogen) atoms. The number of phosphoric acid groups is 1. The highest BCUT2D eigenvalue weighted by atomic mass is 31.2. The maximum Gasteiger partial charge on any atom is 0.480 e. The summed E-state index contributed by atoms with van der Waals surface area (Å²) in [7, 11) is -2.32. The van der Waals surface area contributed by atoms with Crippen LogP contribution in [0.2, 0.25) is 0 Å². The molecule has 0 aliphatic carbocycles. The average molecular weight is 193 g/mol. The Morgan fingerprint density at radius 3 is 2.58 bits per heavy atom. The van der Waals surface area contributed by atoms with E-state index in [1.807, 2.05) is 0 Å². The van der Waals surface area contributed by atoms with Gasteiger partial charge < -0.3 is 4.89 Å². The molecule has 6 nitrogen and oxygen atoms in total. The molecule has 2 saturated heterocycles. The van der Waals surface area contributed by atoms with Gasteiger partial charge in [0.15, 0.2) is 0 Å². The topological polar surface area (TPSA) is 76.1 Å². The SMILES string of the molecule is CN1CCC(=O)C12OP(=O)(O)O2. The first-order valence-electron chi connectivity index (χ1n) is 3.45. The van der Waals surface area contributed by atoms with Gasteiger partial charge in [0.05, 0.1) is 0 Å². The summed E-state index contributed by atoms with van der Waals surface area (Å²) in [5, 5.41) is 0. The first kappa shape index (κ1) is 8.34. The van der Waals surface area contributed by atoms with Crippen LogP contribution < -0.4 is 0 Å². The normalized spacial score (nSPS) is 48.3. The molecule has 0 radical (unpaired) electrons. The number of nitrogens with zero attached hydrogens (tertiary/aromatic N) is 1. The van der Waals surface area contributed by atoms with Crippen molar-refractivity contribution in [2.75, 3.05) is 13.6 Å². The number of rotatable bonds is 0. The van der Waals surface area contributed by atoms with E-state index in [2.05, 4.69) is 9.05 Å². The quantitative estimate of drug-likeness (QED) is 0.532. The number of phosphoric ester groups is 1. The Morgan fingerprint density at radius 1 is 1.67 bits per heavy atom. The van der Waals surface area contributed by atoms with Crippen molar-refractivity contribution in [3.63, 3.8) is 0 Å². The molecular formula is C5H8NO5P. The fraction of sp³-hybridized carbons (Fsp3) is 0.800.